The zero-order valence-corrected chi connectivity index (χ0v) is 11.5. The summed E-state index contributed by atoms with van der Waals surface area (Å²) in [7, 11) is 0. The average molecular weight is 258 g/mol. The molecule has 102 valence electrons. The molecule has 2 N–H and O–H groups in total. The number of rotatable bonds is 2. The third-order valence-electron chi connectivity index (χ3n) is 4.87. The van der Waals surface area contributed by atoms with E-state index in [-0.39, 0.29) is 5.91 Å². The van der Waals surface area contributed by atoms with Crippen molar-refractivity contribution in [1.29, 1.82) is 0 Å². The van der Waals surface area contributed by atoms with Crippen LogP contribution in [0.1, 0.15) is 24.0 Å². The summed E-state index contributed by atoms with van der Waals surface area (Å²) in [5.41, 5.74) is 8.47. The molecule has 1 saturated heterocycles. The van der Waals surface area contributed by atoms with Crippen LogP contribution in [0.25, 0.3) is 0 Å². The van der Waals surface area contributed by atoms with Gasteiger partial charge in [-0.1, -0.05) is 24.3 Å². The summed E-state index contributed by atoms with van der Waals surface area (Å²) < 4.78 is 0. The summed E-state index contributed by atoms with van der Waals surface area (Å²) >= 11 is 0. The number of benzene rings is 1. The fourth-order valence-corrected chi connectivity index (χ4v) is 3.59. The first kappa shape index (κ1) is 12.7. The molecule has 1 aliphatic carbocycles. The summed E-state index contributed by atoms with van der Waals surface area (Å²) in [6, 6.07) is 8.45. The number of nitrogens with zero attached hydrogens (tertiary/aromatic N) is 1. The minimum Gasteiger partial charge on any atom is -0.342 e. The molecule has 1 aliphatic heterocycles. The molecule has 2 aliphatic rings. The molecule has 19 heavy (non-hydrogen) atoms. The smallest absolute Gasteiger partial charge is 0.227 e. The van der Waals surface area contributed by atoms with E-state index in [1.54, 1.807) is 0 Å². The number of hydrogen-bond acceptors (Lipinski definition) is 2. The lowest BCUT2D eigenvalue weighted by molar-refractivity contribution is -0.129. The third kappa shape index (κ3) is 2.39. The number of carbonyl (C=O) groups is 1. The van der Waals surface area contributed by atoms with E-state index in [1.165, 1.54) is 12.0 Å². The van der Waals surface area contributed by atoms with Crippen molar-refractivity contribution >= 4 is 5.91 Å². The Kier molecular flexibility index (Phi) is 3.31. The first-order valence-corrected chi connectivity index (χ1v) is 7.23. The Morgan fingerprint density at radius 2 is 2.11 bits per heavy atom. The van der Waals surface area contributed by atoms with Gasteiger partial charge in [0.2, 0.25) is 5.91 Å². The molecule has 3 atom stereocenters. The van der Waals surface area contributed by atoms with Gasteiger partial charge in [0.25, 0.3) is 0 Å². The van der Waals surface area contributed by atoms with Crippen molar-refractivity contribution < 1.29 is 4.79 Å². The van der Waals surface area contributed by atoms with Crippen LogP contribution in [-0.4, -0.2) is 29.9 Å². The van der Waals surface area contributed by atoms with Gasteiger partial charge >= 0.3 is 0 Å². The Hall–Kier alpha value is -1.35. The lowest BCUT2D eigenvalue weighted by atomic mass is 9.98. The van der Waals surface area contributed by atoms with Crippen molar-refractivity contribution in [1.82, 2.24) is 4.90 Å². The van der Waals surface area contributed by atoms with Gasteiger partial charge in [-0.15, -0.1) is 0 Å². The predicted molar refractivity (Wildman–Crippen MR) is 75.7 cm³/mol. The summed E-state index contributed by atoms with van der Waals surface area (Å²) in [6.07, 6.45) is 2.86. The van der Waals surface area contributed by atoms with Crippen LogP contribution >= 0.6 is 0 Å². The summed E-state index contributed by atoms with van der Waals surface area (Å²) in [6.45, 7) is 3.86. The number of hydrogen-bond donors (Lipinski definition) is 1. The Morgan fingerprint density at radius 1 is 1.32 bits per heavy atom. The Bertz CT molecular complexity index is 485. The topological polar surface area (TPSA) is 46.3 Å². The van der Waals surface area contributed by atoms with E-state index in [0.29, 0.717) is 24.3 Å². The van der Waals surface area contributed by atoms with Crippen molar-refractivity contribution in [3.63, 3.8) is 0 Å². The molecule has 1 saturated carbocycles. The molecule has 0 unspecified atom stereocenters. The summed E-state index contributed by atoms with van der Waals surface area (Å²) in [5, 5.41) is 0. The number of nitrogens with two attached hydrogens (primary N) is 1. The van der Waals surface area contributed by atoms with E-state index in [0.717, 1.165) is 25.1 Å². The zero-order valence-electron chi connectivity index (χ0n) is 11.5. The molecule has 1 heterocycles. The molecule has 3 nitrogen and oxygen atoms in total. The van der Waals surface area contributed by atoms with Crippen LogP contribution in [0, 0.1) is 18.8 Å². The van der Waals surface area contributed by atoms with Crippen LogP contribution in [0.15, 0.2) is 24.3 Å². The highest BCUT2D eigenvalue weighted by molar-refractivity contribution is 5.79. The number of amides is 1. The van der Waals surface area contributed by atoms with Gasteiger partial charge in [0.1, 0.15) is 0 Å². The Balaban J connectivity index is 1.65. The summed E-state index contributed by atoms with van der Waals surface area (Å²) in [4.78, 5) is 14.4. The van der Waals surface area contributed by atoms with E-state index < -0.39 is 0 Å². The highest BCUT2D eigenvalue weighted by Crippen LogP contribution is 2.37. The maximum absolute atomic E-state index is 12.4. The van der Waals surface area contributed by atoms with Crippen molar-refractivity contribution in [3.05, 3.63) is 35.4 Å². The number of likely N-dealkylation sites (tertiary alicyclic amines) is 1. The molecule has 0 spiro atoms. The van der Waals surface area contributed by atoms with Gasteiger partial charge in [-0.25, -0.2) is 0 Å². The van der Waals surface area contributed by atoms with E-state index in [1.807, 2.05) is 17.0 Å². The first-order chi connectivity index (χ1) is 9.15. The lowest BCUT2D eigenvalue weighted by Crippen LogP contribution is -2.34. The van der Waals surface area contributed by atoms with Gasteiger partial charge in [0.15, 0.2) is 0 Å². The molecular weight excluding hydrogens is 236 g/mol. The Morgan fingerprint density at radius 3 is 2.84 bits per heavy atom. The minimum absolute atomic E-state index is 0.260. The minimum atomic E-state index is 0.260. The zero-order chi connectivity index (χ0) is 13.4. The molecule has 3 heteroatoms. The number of fused-ring (bicyclic) bond motifs is 1. The molecule has 1 aromatic carbocycles. The molecule has 2 fully saturated rings. The SMILES string of the molecule is Cc1ccccc1CC(=O)N1C[C@@H]2CC[C@@H](N)[C@H]2C1. The van der Waals surface area contributed by atoms with Gasteiger partial charge in [-0.3, -0.25) is 4.79 Å². The molecule has 0 aromatic heterocycles. The fraction of sp³-hybridized carbons (Fsp3) is 0.562. The standard InChI is InChI=1S/C16H22N2O/c1-11-4-2-3-5-12(11)8-16(19)18-9-13-6-7-15(17)14(13)10-18/h2-5,13-15H,6-10,17H2,1H3/t13-,14-,15+/m0/s1. The predicted octanol–water partition coefficient (Wildman–Crippen LogP) is 1.73. The highest BCUT2D eigenvalue weighted by atomic mass is 16.2. The maximum Gasteiger partial charge on any atom is 0.227 e. The van der Waals surface area contributed by atoms with E-state index in [4.69, 9.17) is 5.73 Å². The number of carbonyl (C=O) groups excluding carboxylic acids is 1. The second kappa shape index (κ2) is 4.97. The first-order valence-electron chi connectivity index (χ1n) is 7.23. The van der Waals surface area contributed by atoms with Crippen LogP contribution in [0.2, 0.25) is 0 Å². The third-order valence-corrected chi connectivity index (χ3v) is 4.87. The summed E-state index contributed by atoms with van der Waals surface area (Å²) in [5.74, 6) is 1.45. The molecule has 1 amide bonds. The van der Waals surface area contributed by atoms with Crippen molar-refractivity contribution in [2.75, 3.05) is 13.1 Å². The van der Waals surface area contributed by atoms with Crippen LogP contribution < -0.4 is 5.73 Å². The van der Waals surface area contributed by atoms with Crippen molar-refractivity contribution in [3.8, 4) is 0 Å². The normalized spacial score (nSPS) is 29.6. The van der Waals surface area contributed by atoms with Gasteiger partial charge in [0, 0.05) is 19.1 Å². The van der Waals surface area contributed by atoms with E-state index in [9.17, 15) is 4.79 Å². The lowest BCUT2D eigenvalue weighted by Gasteiger charge is -2.19. The molecule has 3 rings (SSSR count). The second-order valence-electron chi connectivity index (χ2n) is 6.07. The van der Waals surface area contributed by atoms with Gasteiger partial charge in [-0.05, 0) is 42.7 Å². The Labute approximate surface area is 114 Å². The van der Waals surface area contributed by atoms with Crippen molar-refractivity contribution in [2.24, 2.45) is 17.6 Å². The van der Waals surface area contributed by atoms with E-state index in [2.05, 4.69) is 19.1 Å². The highest BCUT2D eigenvalue weighted by Gasteiger charge is 2.42. The van der Waals surface area contributed by atoms with Gasteiger partial charge in [0.05, 0.1) is 6.42 Å². The van der Waals surface area contributed by atoms with Crippen molar-refractivity contribution in [2.45, 2.75) is 32.2 Å². The second-order valence-corrected chi connectivity index (χ2v) is 6.07. The van der Waals surface area contributed by atoms with E-state index >= 15 is 0 Å². The van der Waals surface area contributed by atoms with Gasteiger partial charge < -0.3 is 10.6 Å². The monoisotopic (exact) mass is 258 g/mol. The molecular formula is C16H22N2O. The van der Waals surface area contributed by atoms with Crippen LogP contribution in [0.4, 0.5) is 0 Å². The van der Waals surface area contributed by atoms with Gasteiger partial charge in [-0.2, -0.15) is 0 Å². The fourth-order valence-electron chi connectivity index (χ4n) is 3.59. The number of aryl methyl sites for hydroxylation is 1. The molecule has 0 radical (unpaired) electrons. The maximum atomic E-state index is 12.4. The molecule has 1 aromatic rings. The van der Waals surface area contributed by atoms with Crippen LogP contribution in [0.5, 0.6) is 0 Å². The van der Waals surface area contributed by atoms with Crippen LogP contribution in [-0.2, 0) is 11.2 Å². The largest absolute Gasteiger partial charge is 0.342 e. The molecule has 0 bridgehead atoms. The quantitative estimate of drug-likeness (QED) is 0.878. The van der Waals surface area contributed by atoms with Crippen LogP contribution in [0.3, 0.4) is 0 Å². The average Bonchev–Trinajstić information content (AvgIpc) is 2.95.